The molecule has 1 aliphatic rings. The quantitative estimate of drug-likeness (QED) is 0.712. The van der Waals surface area contributed by atoms with E-state index >= 15 is 0 Å². The number of pyridine rings is 1. The molecule has 0 bridgehead atoms. The average molecular weight is 376 g/mol. The fourth-order valence-electron chi connectivity index (χ4n) is 3.26. The van der Waals surface area contributed by atoms with Crippen LogP contribution in [0.5, 0.6) is 0 Å². The van der Waals surface area contributed by atoms with Crippen molar-refractivity contribution in [1.29, 1.82) is 0 Å². The number of anilines is 1. The monoisotopic (exact) mass is 376 g/mol. The van der Waals surface area contributed by atoms with Crippen molar-refractivity contribution in [3.05, 3.63) is 59.3 Å². The van der Waals surface area contributed by atoms with E-state index < -0.39 is 23.1 Å². The molecule has 27 heavy (non-hydrogen) atoms. The number of nitrogens with two attached hydrogens (primary N) is 1. The molecule has 0 radical (unpaired) electrons. The highest BCUT2D eigenvalue weighted by atomic mass is 19.2. The van der Waals surface area contributed by atoms with Crippen molar-refractivity contribution >= 4 is 11.7 Å². The van der Waals surface area contributed by atoms with Crippen molar-refractivity contribution in [2.24, 2.45) is 0 Å². The Kier molecular flexibility index (Phi) is 5.67. The van der Waals surface area contributed by atoms with Crippen molar-refractivity contribution in [2.75, 3.05) is 18.8 Å². The highest BCUT2D eigenvalue weighted by Gasteiger charge is 2.42. The molecule has 0 unspecified atom stereocenters. The number of rotatable bonds is 6. The summed E-state index contributed by atoms with van der Waals surface area (Å²) in [5.41, 5.74) is 5.03. The summed E-state index contributed by atoms with van der Waals surface area (Å²) in [7, 11) is 0. The summed E-state index contributed by atoms with van der Waals surface area (Å²) in [6.07, 6.45) is 2.44. The lowest BCUT2D eigenvalue weighted by Gasteiger charge is -2.38. The number of nitrogen functional groups attached to an aromatic ring is 1. The van der Waals surface area contributed by atoms with Crippen LogP contribution in [-0.2, 0) is 17.9 Å². The predicted octanol–water partition coefficient (Wildman–Crippen LogP) is 1.59. The summed E-state index contributed by atoms with van der Waals surface area (Å²) in [4.78, 5) is 18.1. The Hall–Kier alpha value is -2.58. The van der Waals surface area contributed by atoms with E-state index in [1.54, 1.807) is 18.3 Å². The molecular formula is C19H22F2N4O2. The molecule has 4 N–H and O–H groups in total. The molecule has 0 saturated carbocycles. The zero-order valence-electron chi connectivity index (χ0n) is 14.8. The van der Waals surface area contributed by atoms with Gasteiger partial charge in [-0.3, -0.25) is 4.79 Å². The SMILES string of the molecule is Nc1ncccc1CNC[C@]1(O)CCCN(Cc2cccc(F)c2F)C1=O. The maximum absolute atomic E-state index is 13.9. The number of amides is 1. The van der Waals surface area contributed by atoms with Gasteiger partial charge in [-0.05, 0) is 25.0 Å². The molecule has 1 fully saturated rings. The van der Waals surface area contributed by atoms with Crippen molar-refractivity contribution in [3.63, 3.8) is 0 Å². The number of nitrogens with zero attached hydrogens (tertiary/aromatic N) is 2. The van der Waals surface area contributed by atoms with Crippen LogP contribution in [0.25, 0.3) is 0 Å². The molecule has 1 aromatic heterocycles. The Bertz CT molecular complexity index is 833. The normalized spacial score (nSPS) is 20.1. The van der Waals surface area contributed by atoms with Crippen molar-refractivity contribution in [1.82, 2.24) is 15.2 Å². The molecule has 6 nitrogen and oxygen atoms in total. The van der Waals surface area contributed by atoms with Gasteiger partial charge < -0.3 is 21.1 Å². The minimum atomic E-state index is -1.60. The Labute approximate surface area is 156 Å². The summed E-state index contributed by atoms with van der Waals surface area (Å²) in [6.45, 7) is 0.684. The summed E-state index contributed by atoms with van der Waals surface area (Å²) in [5, 5.41) is 13.8. The van der Waals surface area contributed by atoms with Gasteiger partial charge in [-0.1, -0.05) is 18.2 Å². The molecule has 0 spiro atoms. The first-order chi connectivity index (χ1) is 12.9. The molecule has 8 heteroatoms. The van der Waals surface area contributed by atoms with Gasteiger partial charge in [0.05, 0.1) is 0 Å². The Morgan fingerprint density at radius 2 is 2.04 bits per heavy atom. The maximum Gasteiger partial charge on any atom is 0.256 e. The number of carbonyl (C=O) groups is 1. The third-order valence-electron chi connectivity index (χ3n) is 4.76. The van der Waals surface area contributed by atoms with Gasteiger partial charge in [0, 0.05) is 43.5 Å². The van der Waals surface area contributed by atoms with E-state index in [4.69, 9.17) is 5.73 Å². The minimum Gasteiger partial charge on any atom is -0.383 e. The van der Waals surface area contributed by atoms with Gasteiger partial charge in [0.15, 0.2) is 17.2 Å². The molecule has 0 aliphatic carbocycles. The average Bonchev–Trinajstić information content (AvgIpc) is 2.64. The van der Waals surface area contributed by atoms with E-state index in [2.05, 4.69) is 10.3 Å². The molecule has 1 atom stereocenters. The van der Waals surface area contributed by atoms with Crippen LogP contribution in [0.3, 0.4) is 0 Å². The van der Waals surface area contributed by atoms with E-state index in [0.29, 0.717) is 31.7 Å². The number of nitrogens with one attached hydrogen (secondary N) is 1. The second kappa shape index (κ2) is 7.98. The number of benzene rings is 1. The molecule has 2 aromatic rings. The number of hydrogen-bond acceptors (Lipinski definition) is 5. The van der Waals surface area contributed by atoms with Crippen LogP contribution in [0, 0.1) is 11.6 Å². The molecule has 144 valence electrons. The number of hydrogen-bond donors (Lipinski definition) is 3. The minimum absolute atomic E-state index is 0.0301. The number of piperidine rings is 1. The highest BCUT2D eigenvalue weighted by molar-refractivity contribution is 5.86. The standard InChI is InChI=1S/C19H22F2N4O2/c20-15-6-1-4-14(16(15)21)11-25-9-3-7-19(27,18(25)26)12-23-10-13-5-2-8-24-17(13)22/h1-2,4-6,8,23,27H,3,7,9-12H2,(H2,22,24)/t19-/m1/s1. The van der Waals surface area contributed by atoms with Crippen LogP contribution < -0.4 is 11.1 Å². The van der Waals surface area contributed by atoms with Crippen LogP contribution in [0.15, 0.2) is 36.5 Å². The van der Waals surface area contributed by atoms with Gasteiger partial charge >= 0.3 is 0 Å². The van der Waals surface area contributed by atoms with Crippen molar-refractivity contribution in [2.45, 2.75) is 31.5 Å². The Morgan fingerprint density at radius 1 is 1.26 bits per heavy atom. The van der Waals surface area contributed by atoms with E-state index in [0.717, 1.165) is 11.6 Å². The van der Waals surface area contributed by atoms with E-state index in [1.807, 2.05) is 0 Å². The Balaban J connectivity index is 1.64. The number of carbonyl (C=O) groups excluding carboxylic acids is 1. The maximum atomic E-state index is 13.9. The lowest BCUT2D eigenvalue weighted by atomic mass is 9.91. The fourth-order valence-corrected chi connectivity index (χ4v) is 3.26. The number of likely N-dealkylation sites (tertiary alicyclic amines) is 1. The summed E-state index contributed by atoms with van der Waals surface area (Å²) < 4.78 is 27.3. The number of halogens is 2. The highest BCUT2D eigenvalue weighted by Crippen LogP contribution is 2.25. The first-order valence-corrected chi connectivity index (χ1v) is 8.75. The van der Waals surface area contributed by atoms with Gasteiger partial charge in [-0.2, -0.15) is 0 Å². The van der Waals surface area contributed by atoms with E-state index in [9.17, 15) is 18.7 Å². The molecular weight excluding hydrogens is 354 g/mol. The molecule has 2 heterocycles. The third-order valence-corrected chi connectivity index (χ3v) is 4.76. The zero-order chi connectivity index (χ0) is 19.4. The van der Waals surface area contributed by atoms with Gasteiger partial charge in [-0.25, -0.2) is 13.8 Å². The first kappa shape index (κ1) is 19.2. The van der Waals surface area contributed by atoms with E-state index in [1.165, 1.54) is 17.0 Å². The lowest BCUT2D eigenvalue weighted by molar-refractivity contribution is -0.157. The predicted molar refractivity (Wildman–Crippen MR) is 96.3 cm³/mol. The second-order valence-electron chi connectivity index (χ2n) is 6.73. The molecule has 1 aromatic carbocycles. The number of aromatic nitrogens is 1. The van der Waals surface area contributed by atoms with Crippen LogP contribution in [0.1, 0.15) is 24.0 Å². The number of aliphatic hydroxyl groups is 1. The molecule has 1 aliphatic heterocycles. The second-order valence-corrected chi connectivity index (χ2v) is 6.73. The largest absolute Gasteiger partial charge is 0.383 e. The fraction of sp³-hybridized carbons (Fsp3) is 0.368. The van der Waals surface area contributed by atoms with Crippen molar-refractivity contribution < 1.29 is 18.7 Å². The Morgan fingerprint density at radius 3 is 2.81 bits per heavy atom. The van der Waals surface area contributed by atoms with Gasteiger partial charge in [0.25, 0.3) is 5.91 Å². The van der Waals surface area contributed by atoms with Crippen LogP contribution in [-0.4, -0.2) is 39.6 Å². The summed E-state index contributed by atoms with van der Waals surface area (Å²) >= 11 is 0. The lowest BCUT2D eigenvalue weighted by Crippen LogP contribution is -2.57. The van der Waals surface area contributed by atoms with Crippen LogP contribution >= 0.6 is 0 Å². The van der Waals surface area contributed by atoms with Crippen LogP contribution in [0.2, 0.25) is 0 Å². The smallest absolute Gasteiger partial charge is 0.256 e. The van der Waals surface area contributed by atoms with E-state index in [-0.39, 0.29) is 18.7 Å². The summed E-state index contributed by atoms with van der Waals surface area (Å²) in [6, 6.07) is 7.42. The molecule has 1 saturated heterocycles. The molecule has 3 rings (SSSR count). The van der Waals surface area contributed by atoms with Crippen LogP contribution in [0.4, 0.5) is 14.6 Å². The molecule has 1 amide bonds. The first-order valence-electron chi connectivity index (χ1n) is 8.75. The zero-order valence-corrected chi connectivity index (χ0v) is 14.8. The summed E-state index contributed by atoms with van der Waals surface area (Å²) in [5.74, 6) is -2.04. The van der Waals surface area contributed by atoms with Gasteiger partial charge in [0.2, 0.25) is 0 Å². The van der Waals surface area contributed by atoms with Crippen molar-refractivity contribution in [3.8, 4) is 0 Å². The van der Waals surface area contributed by atoms with Gasteiger partial charge in [0.1, 0.15) is 5.82 Å². The third kappa shape index (κ3) is 4.23. The van der Waals surface area contributed by atoms with Gasteiger partial charge in [-0.15, -0.1) is 0 Å². The topological polar surface area (TPSA) is 91.5 Å².